The summed E-state index contributed by atoms with van der Waals surface area (Å²) in [4.78, 5) is 0. The van der Waals surface area contributed by atoms with E-state index < -0.39 is 0 Å². The Balaban J connectivity index is 1.41. The van der Waals surface area contributed by atoms with Crippen molar-refractivity contribution in [3.63, 3.8) is 0 Å². The van der Waals surface area contributed by atoms with E-state index in [0.29, 0.717) is 0 Å². The standard InChI is InChI=1S/C22H25N3/c23-22(18-8-3-1-4-9-18)12-7-17-24-19-13-15-21(16-14-19)25-20-10-5-2-6-11-20/h1-6,8-11,13-16,22,24-25H,7,12,17,23H2. The van der Waals surface area contributed by atoms with Crippen molar-refractivity contribution in [2.75, 3.05) is 17.2 Å². The van der Waals surface area contributed by atoms with Gasteiger partial charge in [-0.3, -0.25) is 0 Å². The topological polar surface area (TPSA) is 50.1 Å². The molecule has 128 valence electrons. The van der Waals surface area contributed by atoms with Crippen LogP contribution in [0.15, 0.2) is 84.9 Å². The van der Waals surface area contributed by atoms with Gasteiger partial charge in [0.05, 0.1) is 0 Å². The zero-order valence-electron chi connectivity index (χ0n) is 14.4. The molecule has 3 rings (SSSR count). The summed E-state index contributed by atoms with van der Waals surface area (Å²) >= 11 is 0. The first-order valence-electron chi connectivity index (χ1n) is 8.78. The predicted molar refractivity (Wildman–Crippen MR) is 107 cm³/mol. The van der Waals surface area contributed by atoms with E-state index in [9.17, 15) is 0 Å². The smallest absolute Gasteiger partial charge is 0.0385 e. The van der Waals surface area contributed by atoms with Crippen LogP contribution in [0.2, 0.25) is 0 Å². The zero-order chi connectivity index (χ0) is 17.3. The van der Waals surface area contributed by atoms with Gasteiger partial charge < -0.3 is 16.4 Å². The molecule has 0 heterocycles. The number of rotatable bonds is 8. The van der Waals surface area contributed by atoms with Gasteiger partial charge in [-0.2, -0.15) is 0 Å². The second-order valence-corrected chi connectivity index (χ2v) is 6.15. The number of benzene rings is 3. The molecule has 0 amide bonds. The summed E-state index contributed by atoms with van der Waals surface area (Å²) < 4.78 is 0. The summed E-state index contributed by atoms with van der Waals surface area (Å²) in [5.74, 6) is 0. The zero-order valence-corrected chi connectivity index (χ0v) is 14.4. The molecule has 0 bridgehead atoms. The van der Waals surface area contributed by atoms with Gasteiger partial charge in [-0.05, 0) is 54.8 Å². The summed E-state index contributed by atoms with van der Waals surface area (Å²) in [6, 6.07) is 29.0. The van der Waals surface area contributed by atoms with Crippen LogP contribution in [0.5, 0.6) is 0 Å². The van der Waals surface area contributed by atoms with Gasteiger partial charge in [0.2, 0.25) is 0 Å². The number of nitrogens with two attached hydrogens (primary N) is 1. The van der Waals surface area contributed by atoms with E-state index >= 15 is 0 Å². The third-order valence-corrected chi connectivity index (χ3v) is 4.20. The molecule has 3 aromatic rings. The van der Waals surface area contributed by atoms with Crippen molar-refractivity contribution in [2.24, 2.45) is 5.73 Å². The van der Waals surface area contributed by atoms with E-state index in [2.05, 4.69) is 59.2 Å². The van der Waals surface area contributed by atoms with E-state index in [1.807, 2.05) is 36.4 Å². The molecule has 0 spiro atoms. The van der Waals surface area contributed by atoms with E-state index in [1.165, 1.54) is 5.56 Å². The molecule has 4 N–H and O–H groups in total. The quantitative estimate of drug-likeness (QED) is 0.489. The highest BCUT2D eigenvalue weighted by molar-refractivity contribution is 5.62. The van der Waals surface area contributed by atoms with Gasteiger partial charge in [0.15, 0.2) is 0 Å². The Bertz CT molecular complexity index is 739. The SMILES string of the molecule is NC(CCCNc1ccc(Nc2ccccc2)cc1)c1ccccc1. The fourth-order valence-electron chi connectivity index (χ4n) is 2.78. The van der Waals surface area contributed by atoms with Crippen LogP contribution >= 0.6 is 0 Å². The molecule has 3 nitrogen and oxygen atoms in total. The molecular weight excluding hydrogens is 306 g/mol. The van der Waals surface area contributed by atoms with Crippen molar-refractivity contribution < 1.29 is 0 Å². The van der Waals surface area contributed by atoms with Gasteiger partial charge >= 0.3 is 0 Å². The minimum atomic E-state index is 0.112. The average molecular weight is 331 g/mol. The van der Waals surface area contributed by atoms with Gasteiger partial charge in [0.1, 0.15) is 0 Å². The van der Waals surface area contributed by atoms with E-state index in [0.717, 1.165) is 36.4 Å². The maximum atomic E-state index is 6.23. The third-order valence-electron chi connectivity index (χ3n) is 4.20. The first-order chi connectivity index (χ1) is 12.3. The lowest BCUT2D eigenvalue weighted by molar-refractivity contribution is 0.626. The lowest BCUT2D eigenvalue weighted by Gasteiger charge is -2.13. The molecule has 25 heavy (non-hydrogen) atoms. The minimum absolute atomic E-state index is 0.112. The number of hydrogen-bond donors (Lipinski definition) is 3. The Hall–Kier alpha value is -2.78. The molecule has 0 fully saturated rings. The van der Waals surface area contributed by atoms with Crippen molar-refractivity contribution in [1.29, 1.82) is 0 Å². The van der Waals surface area contributed by atoms with Crippen molar-refractivity contribution in [3.05, 3.63) is 90.5 Å². The van der Waals surface area contributed by atoms with Crippen LogP contribution in [0.3, 0.4) is 0 Å². The summed E-state index contributed by atoms with van der Waals surface area (Å²) in [5, 5.41) is 6.85. The lowest BCUT2D eigenvalue weighted by Crippen LogP contribution is -2.12. The predicted octanol–water partition coefficient (Wildman–Crippen LogP) is 5.32. The van der Waals surface area contributed by atoms with Gasteiger partial charge in [-0.25, -0.2) is 0 Å². The minimum Gasteiger partial charge on any atom is -0.385 e. The average Bonchev–Trinajstić information content (AvgIpc) is 2.68. The van der Waals surface area contributed by atoms with Gasteiger partial charge in [-0.1, -0.05) is 48.5 Å². The summed E-state index contributed by atoms with van der Waals surface area (Å²) in [7, 11) is 0. The van der Waals surface area contributed by atoms with Crippen LogP contribution in [-0.2, 0) is 0 Å². The molecular formula is C22H25N3. The number of para-hydroxylation sites is 1. The van der Waals surface area contributed by atoms with Crippen molar-refractivity contribution in [1.82, 2.24) is 0 Å². The van der Waals surface area contributed by atoms with Gasteiger partial charge in [0, 0.05) is 29.6 Å². The fraction of sp³-hybridized carbons (Fsp3) is 0.182. The molecule has 0 aliphatic rings. The maximum Gasteiger partial charge on any atom is 0.0385 e. The number of hydrogen-bond acceptors (Lipinski definition) is 3. The van der Waals surface area contributed by atoms with Crippen molar-refractivity contribution in [2.45, 2.75) is 18.9 Å². The molecule has 0 aliphatic carbocycles. The highest BCUT2D eigenvalue weighted by Gasteiger charge is 2.04. The largest absolute Gasteiger partial charge is 0.385 e. The Kier molecular flexibility index (Phi) is 6.07. The molecule has 0 aromatic heterocycles. The lowest BCUT2D eigenvalue weighted by atomic mass is 10.0. The Morgan fingerprint density at radius 1 is 0.680 bits per heavy atom. The van der Waals surface area contributed by atoms with Crippen molar-refractivity contribution >= 4 is 17.1 Å². The molecule has 0 radical (unpaired) electrons. The van der Waals surface area contributed by atoms with Crippen molar-refractivity contribution in [3.8, 4) is 0 Å². The summed E-state index contributed by atoms with van der Waals surface area (Å²) in [5.41, 5.74) is 10.8. The molecule has 0 saturated carbocycles. The third kappa shape index (κ3) is 5.37. The summed E-state index contributed by atoms with van der Waals surface area (Å²) in [6.45, 7) is 0.923. The van der Waals surface area contributed by atoms with Crippen LogP contribution in [0.4, 0.5) is 17.1 Å². The second-order valence-electron chi connectivity index (χ2n) is 6.15. The van der Waals surface area contributed by atoms with Crippen LogP contribution in [-0.4, -0.2) is 6.54 Å². The van der Waals surface area contributed by atoms with E-state index in [4.69, 9.17) is 5.73 Å². The molecule has 0 saturated heterocycles. The highest BCUT2D eigenvalue weighted by atomic mass is 14.9. The Morgan fingerprint density at radius 3 is 1.92 bits per heavy atom. The van der Waals surface area contributed by atoms with Crippen LogP contribution in [0.25, 0.3) is 0 Å². The number of anilines is 3. The first kappa shape index (κ1) is 17.1. The Morgan fingerprint density at radius 2 is 1.24 bits per heavy atom. The number of nitrogens with one attached hydrogen (secondary N) is 2. The molecule has 1 atom stereocenters. The molecule has 3 aromatic carbocycles. The summed E-state index contributed by atoms with van der Waals surface area (Å²) in [6.07, 6.45) is 2.02. The molecule has 3 heteroatoms. The molecule has 0 aliphatic heterocycles. The first-order valence-corrected chi connectivity index (χ1v) is 8.78. The monoisotopic (exact) mass is 331 g/mol. The Labute approximate surface area is 149 Å². The van der Waals surface area contributed by atoms with E-state index in [-0.39, 0.29) is 6.04 Å². The van der Waals surface area contributed by atoms with Gasteiger partial charge in [0.25, 0.3) is 0 Å². The van der Waals surface area contributed by atoms with Crippen LogP contribution in [0, 0.1) is 0 Å². The van der Waals surface area contributed by atoms with E-state index in [1.54, 1.807) is 0 Å². The maximum absolute atomic E-state index is 6.23. The highest BCUT2D eigenvalue weighted by Crippen LogP contribution is 2.19. The fourth-order valence-corrected chi connectivity index (χ4v) is 2.78. The normalized spacial score (nSPS) is 11.7. The van der Waals surface area contributed by atoms with Crippen LogP contribution < -0.4 is 16.4 Å². The molecule has 1 unspecified atom stereocenters. The van der Waals surface area contributed by atoms with Crippen LogP contribution in [0.1, 0.15) is 24.4 Å². The van der Waals surface area contributed by atoms with Gasteiger partial charge in [-0.15, -0.1) is 0 Å². The second kappa shape index (κ2) is 8.90.